The Balaban J connectivity index is 1.56. The molecule has 0 saturated carbocycles. The molecule has 0 aliphatic rings. The molecule has 1 heterocycles. The molecule has 2 nitrogen and oxygen atoms in total. The van der Waals surface area contributed by atoms with E-state index in [1.807, 2.05) is 0 Å². The summed E-state index contributed by atoms with van der Waals surface area (Å²) in [6, 6.07) is 30.5. The van der Waals surface area contributed by atoms with Crippen molar-refractivity contribution in [2.24, 2.45) is 0 Å². The topological polar surface area (TPSA) is 19.0 Å². The predicted molar refractivity (Wildman–Crippen MR) is 114 cm³/mol. The Morgan fingerprint density at radius 1 is 0.741 bits per heavy atom. The fraction of sp³-hybridized carbons (Fsp3) is 0.200. The summed E-state index contributed by atoms with van der Waals surface area (Å²) in [6.45, 7) is 4.26. The molecule has 2 heteroatoms. The van der Waals surface area contributed by atoms with Gasteiger partial charge < -0.3 is 4.98 Å². The van der Waals surface area contributed by atoms with Gasteiger partial charge in [0.05, 0.1) is 0 Å². The van der Waals surface area contributed by atoms with Crippen LogP contribution < -0.4 is 0 Å². The monoisotopic (exact) mass is 354 g/mol. The second-order valence-corrected chi connectivity index (χ2v) is 7.29. The van der Waals surface area contributed by atoms with E-state index in [1.54, 1.807) is 0 Å². The van der Waals surface area contributed by atoms with Crippen LogP contribution in [0.5, 0.6) is 0 Å². The average molecular weight is 354 g/mol. The number of benzene rings is 3. The number of fused-ring (bicyclic) bond motifs is 1. The van der Waals surface area contributed by atoms with Crippen molar-refractivity contribution in [3.05, 3.63) is 108 Å². The van der Waals surface area contributed by atoms with Crippen molar-refractivity contribution in [1.29, 1.82) is 0 Å². The third-order valence-electron chi connectivity index (χ3n) is 5.27. The van der Waals surface area contributed by atoms with Crippen molar-refractivity contribution < 1.29 is 0 Å². The molecule has 27 heavy (non-hydrogen) atoms. The first kappa shape index (κ1) is 17.6. The maximum atomic E-state index is 3.41. The van der Waals surface area contributed by atoms with Gasteiger partial charge in [0.15, 0.2) is 0 Å². The molecule has 4 rings (SSSR count). The van der Waals surface area contributed by atoms with Crippen LogP contribution in [0.1, 0.15) is 23.6 Å². The largest absolute Gasteiger partial charge is 0.361 e. The van der Waals surface area contributed by atoms with Gasteiger partial charge in [0.2, 0.25) is 0 Å². The number of rotatable bonds is 7. The minimum Gasteiger partial charge on any atom is -0.361 e. The molecule has 0 aliphatic heterocycles. The van der Waals surface area contributed by atoms with Crippen LogP contribution in [0.2, 0.25) is 0 Å². The quantitative estimate of drug-likeness (QED) is 0.444. The van der Waals surface area contributed by atoms with Crippen LogP contribution in [0, 0.1) is 0 Å². The summed E-state index contributed by atoms with van der Waals surface area (Å²) in [6.07, 6.45) is 3.20. The number of nitrogens with zero attached hydrogens (tertiary/aromatic N) is 1. The summed E-state index contributed by atoms with van der Waals surface area (Å²) >= 11 is 0. The van der Waals surface area contributed by atoms with Gasteiger partial charge in [0.25, 0.3) is 0 Å². The molecule has 0 radical (unpaired) electrons. The lowest BCUT2D eigenvalue weighted by Crippen LogP contribution is -2.33. The van der Waals surface area contributed by atoms with Gasteiger partial charge >= 0.3 is 0 Å². The molecule has 1 atom stereocenters. The number of H-pyrrole nitrogens is 1. The Morgan fingerprint density at radius 3 is 1.93 bits per heavy atom. The van der Waals surface area contributed by atoms with E-state index in [2.05, 4.69) is 108 Å². The SMILES string of the molecule is CC(Cc1c[nH]c2ccccc12)N(Cc1ccccc1)Cc1ccccc1. The van der Waals surface area contributed by atoms with E-state index in [1.165, 1.54) is 27.6 Å². The molecule has 1 unspecified atom stereocenters. The second kappa shape index (κ2) is 8.24. The number of para-hydroxylation sites is 1. The minimum atomic E-state index is 0.435. The Morgan fingerprint density at radius 2 is 1.30 bits per heavy atom. The zero-order chi connectivity index (χ0) is 18.5. The maximum absolute atomic E-state index is 3.41. The van der Waals surface area contributed by atoms with Crippen LogP contribution >= 0.6 is 0 Å². The van der Waals surface area contributed by atoms with Gasteiger partial charge in [0, 0.05) is 36.2 Å². The van der Waals surface area contributed by atoms with Gasteiger partial charge in [-0.15, -0.1) is 0 Å². The highest BCUT2D eigenvalue weighted by Crippen LogP contribution is 2.22. The first-order valence-electron chi connectivity index (χ1n) is 9.66. The van der Waals surface area contributed by atoms with Crippen LogP contribution in [0.4, 0.5) is 0 Å². The summed E-state index contributed by atoms with van der Waals surface area (Å²) in [5.41, 5.74) is 5.33. The molecule has 1 aromatic heterocycles. The molecular weight excluding hydrogens is 328 g/mol. The molecule has 136 valence electrons. The zero-order valence-electron chi connectivity index (χ0n) is 15.8. The van der Waals surface area contributed by atoms with Crippen molar-refractivity contribution >= 4 is 10.9 Å². The Labute approximate surface area is 161 Å². The van der Waals surface area contributed by atoms with Gasteiger partial charge in [-0.05, 0) is 36.1 Å². The lowest BCUT2D eigenvalue weighted by atomic mass is 10.0. The molecule has 0 spiro atoms. The van der Waals surface area contributed by atoms with Gasteiger partial charge in [-0.25, -0.2) is 0 Å². The molecular formula is C25H26N2. The molecule has 0 bridgehead atoms. The number of aromatic nitrogens is 1. The van der Waals surface area contributed by atoms with Crippen LogP contribution in [0.15, 0.2) is 91.1 Å². The van der Waals surface area contributed by atoms with Crippen molar-refractivity contribution in [2.45, 2.75) is 32.5 Å². The van der Waals surface area contributed by atoms with E-state index in [9.17, 15) is 0 Å². The van der Waals surface area contributed by atoms with Crippen LogP contribution in [-0.2, 0) is 19.5 Å². The predicted octanol–water partition coefficient (Wildman–Crippen LogP) is 5.80. The molecule has 0 saturated heterocycles. The van der Waals surface area contributed by atoms with Gasteiger partial charge in [-0.1, -0.05) is 78.9 Å². The normalized spacial score (nSPS) is 12.5. The lowest BCUT2D eigenvalue weighted by molar-refractivity contribution is 0.189. The van der Waals surface area contributed by atoms with Crippen molar-refractivity contribution in [3.8, 4) is 0 Å². The molecule has 0 aliphatic carbocycles. The van der Waals surface area contributed by atoms with Crippen molar-refractivity contribution in [3.63, 3.8) is 0 Å². The van der Waals surface area contributed by atoms with Crippen LogP contribution in [0.3, 0.4) is 0 Å². The first-order valence-corrected chi connectivity index (χ1v) is 9.66. The van der Waals surface area contributed by atoms with Crippen LogP contribution in [0.25, 0.3) is 10.9 Å². The fourth-order valence-corrected chi connectivity index (χ4v) is 3.75. The highest BCUT2D eigenvalue weighted by molar-refractivity contribution is 5.83. The number of hydrogen-bond donors (Lipinski definition) is 1. The standard InChI is InChI=1S/C25H26N2/c1-20(16-23-17-26-25-15-9-8-14-24(23)25)27(18-21-10-4-2-5-11-21)19-22-12-6-3-7-13-22/h2-15,17,20,26H,16,18-19H2,1H3. The van der Waals surface area contributed by atoms with Crippen LogP contribution in [-0.4, -0.2) is 15.9 Å². The number of nitrogens with one attached hydrogen (secondary N) is 1. The maximum Gasteiger partial charge on any atom is 0.0456 e. The molecule has 0 amide bonds. The highest BCUT2D eigenvalue weighted by atomic mass is 15.1. The second-order valence-electron chi connectivity index (χ2n) is 7.29. The third kappa shape index (κ3) is 4.29. The smallest absolute Gasteiger partial charge is 0.0456 e. The van der Waals surface area contributed by atoms with E-state index in [0.717, 1.165) is 19.5 Å². The molecule has 3 aromatic carbocycles. The van der Waals surface area contributed by atoms with E-state index < -0.39 is 0 Å². The van der Waals surface area contributed by atoms with Gasteiger partial charge in [0.1, 0.15) is 0 Å². The van der Waals surface area contributed by atoms with Gasteiger partial charge in [-0.3, -0.25) is 4.90 Å². The first-order chi connectivity index (χ1) is 13.3. The Kier molecular flexibility index (Phi) is 5.36. The van der Waals surface area contributed by atoms with E-state index in [4.69, 9.17) is 0 Å². The lowest BCUT2D eigenvalue weighted by Gasteiger charge is -2.29. The van der Waals surface area contributed by atoms with E-state index >= 15 is 0 Å². The Bertz CT molecular complexity index is 931. The number of aromatic amines is 1. The van der Waals surface area contributed by atoms with E-state index in [0.29, 0.717) is 6.04 Å². The summed E-state index contributed by atoms with van der Waals surface area (Å²) in [5.74, 6) is 0. The summed E-state index contributed by atoms with van der Waals surface area (Å²) < 4.78 is 0. The zero-order valence-corrected chi connectivity index (χ0v) is 15.8. The van der Waals surface area contributed by atoms with E-state index in [-0.39, 0.29) is 0 Å². The number of hydrogen-bond acceptors (Lipinski definition) is 1. The third-order valence-corrected chi connectivity index (χ3v) is 5.27. The minimum absolute atomic E-state index is 0.435. The summed E-state index contributed by atoms with van der Waals surface area (Å²) in [4.78, 5) is 5.99. The summed E-state index contributed by atoms with van der Waals surface area (Å²) in [5, 5.41) is 1.34. The molecule has 0 fully saturated rings. The average Bonchev–Trinajstić information content (AvgIpc) is 3.12. The molecule has 4 aromatic rings. The van der Waals surface area contributed by atoms with Gasteiger partial charge in [-0.2, -0.15) is 0 Å². The van der Waals surface area contributed by atoms with Crippen molar-refractivity contribution in [2.75, 3.05) is 0 Å². The molecule has 1 N–H and O–H groups in total. The highest BCUT2D eigenvalue weighted by Gasteiger charge is 2.17. The Hall–Kier alpha value is -2.84. The fourth-order valence-electron chi connectivity index (χ4n) is 3.75. The van der Waals surface area contributed by atoms with Crippen molar-refractivity contribution in [1.82, 2.24) is 9.88 Å². The summed E-state index contributed by atoms with van der Waals surface area (Å²) in [7, 11) is 0.